The summed E-state index contributed by atoms with van der Waals surface area (Å²) in [6.45, 7) is 1.18. The van der Waals surface area contributed by atoms with E-state index in [-0.39, 0.29) is 24.4 Å². The van der Waals surface area contributed by atoms with Crippen LogP contribution in [0.4, 0.5) is 5.69 Å². The summed E-state index contributed by atoms with van der Waals surface area (Å²) in [5.41, 5.74) is 0.941. The average molecular weight is 511 g/mol. The molecule has 0 spiro atoms. The summed E-state index contributed by atoms with van der Waals surface area (Å²) in [5.74, 6) is -2.37. The molecule has 0 radical (unpaired) electrons. The summed E-state index contributed by atoms with van der Waals surface area (Å²) in [6.07, 6.45) is 1.18. The SMILES string of the molecule is CC(=O)N([C@@H](Cc1ccccc1)C(=O)O)n1c(-c2ccccc2)ncc(NC(=O)Cc2ccccc2)c1=O. The molecule has 38 heavy (non-hydrogen) atoms. The number of anilines is 1. The highest BCUT2D eigenvalue weighted by molar-refractivity contribution is 5.93. The maximum Gasteiger partial charge on any atom is 0.328 e. The molecule has 9 heteroatoms. The van der Waals surface area contributed by atoms with E-state index in [4.69, 9.17) is 0 Å². The summed E-state index contributed by atoms with van der Waals surface area (Å²) in [5, 5.41) is 13.6. The number of aliphatic carboxylic acids is 1. The number of carbonyl (C=O) groups is 3. The first-order valence-electron chi connectivity index (χ1n) is 11.9. The molecule has 2 amide bonds. The van der Waals surface area contributed by atoms with E-state index in [1.807, 2.05) is 6.07 Å². The summed E-state index contributed by atoms with van der Waals surface area (Å²) < 4.78 is 0.942. The molecule has 1 heterocycles. The first-order valence-corrected chi connectivity index (χ1v) is 11.9. The van der Waals surface area contributed by atoms with Crippen LogP contribution >= 0.6 is 0 Å². The summed E-state index contributed by atoms with van der Waals surface area (Å²) in [7, 11) is 0. The van der Waals surface area contributed by atoms with Gasteiger partial charge in [0, 0.05) is 18.9 Å². The second-order valence-electron chi connectivity index (χ2n) is 8.60. The molecule has 0 bridgehead atoms. The van der Waals surface area contributed by atoms with Crippen LogP contribution in [0.3, 0.4) is 0 Å². The van der Waals surface area contributed by atoms with Crippen LogP contribution in [0.5, 0.6) is 0 Å². The number of hydrogen-bond donors (Lipinski definition) is 2. The minimum absolute atomic E-state index is 0.0168. The molecule has 1 atom stereocenters. The van der Waals surface area contributed by atoms with E-state index in [2.05, 4.69) is 10.3 Å². The van der Waals surface area contributed by atoms with E-state index in [1.165, 1.54) is 13.1 Å². The first-order chi connectivity index (χ1) is 18.3. The number of carboxylic acid groups (broad SMARTS) is 1. The van der Waals surface area contributed by atoms with Crippen LogP contribution in [0.25, 0.3) is 11.4 Å². The highest BCUT2D eigenvalue weighted by atomic mass is 16.4. The van der Waals surface area contributed by atoms with Gasteiger partial charge >= 0.3 is 5.97 Å². The molecule has 0 unspecified atom stereocenters. The number of benzene rings is 3. The van der Waals surface area contributed by atoms with E-state index in [0.29, 0.717) is 11.1 Å². The van der Waals surface area contributed by atoms with Crippen molar-refractivity contribution in [3.63, 3.8) is 0 Å². The van der Waals surface area contributed by atoms with E-state index in [9.17, 15) is 24.3 Å². The van der Waals surface area contributed by atoms with Crippen molar-refractivity contribution in [1.29, 1.82) is 0 Å². The topological polar surface area (TPSA) is 122 Å². The zero-order chi connectivity index (χ0) is 27.1. The molecule has 0 fully saturated rings. The second-order valence-corrected chi connectivity index (χ2v) is 8.60. The van der Waals surface area contributed by atoms with Crippen LogP contribution in [-0.4, -0.2) is 38.6 Å². The van der Waals surface area contributed by atoms with Gasteiger partial charge in [-0.3, -0.25) is 14.4 Å². The van der Waals surface area contributed by atoms with E-state index >= 15 is 0 Å². The summed E-state index contributed by atoms with van der Waals surface area (Å²) >= 11 is 0. The van der Waals surface area contributed by atoms with E-state index < -0.39 is 29.4 Å². The Labute approximate surface area is 219 Å². The molecule has 2 N–H and O–H groups in total. The second kappa shape index (κ2) is 11.8. The van der Waals surface area contributed by atoms with Crippen molar-refractivity contribution >= 4 is 23.5 Å². The summed E-state index contributed by atoms with van der Waals surface area (Å²) in [4.78, 5) is 56.3. The fourth-order valence-electron chi connectivity index (χ4n) is 4.11. The summed E-state index contributed by atoms with van der Waals surface area (Å²) in [6, 6.07) is 25.0. The minimum Gasteiger partial charge on any atom is -0.480 e. The Hall–Kier alpha value is -5.05. The van der Waals surface area contributed by atoms with Crippen LogP contribution in [-0.2, 0) is 27.2 Å². The number of amides is 2. The third-order valence-electron chi connectivity index (χ3n) is 5.84. The number of hydrogen-bond acceptors (Lipinski definition) is 5. The van der Waals surface area contributed by atoms with Gasteiger partial charge in [0.15, 0.2) is 11.9 Å². The maximum absolute atomic E-state index is 13.8. The number of nitrogens with one attached hydrogen (secondary N) is 1. The van der Waals surface area contributed by atoms with Crippen molar-refractivity contribution in [2.45, 2.75) is 25.8 Å². The number of aromatic nitrogens is 2. The molecule has 9 nitrogen and oxygen atoms in total. The predicted molar refractivity (Wildman–Crippen MR) is 143 cm³/mol. The fraction of sp³-hybridized carbons (Fsp3) is 0.138. The van der Waals surface area contributed by atoms with Gasteiger partial charge in [-0.15, -0.1) is 0 Å². The third-order valence-corrected chi connectivity index (χ3v) is 5.84. The Kier molecular flexibility index (Phi) is 8.07. The van der Waals surface area contributed by atoms with Crippen LogP contribution in [0.15, 0.2) is 102 Å². The van der Waals surface area contributed by atoms with Crippen molar-refractivity contribution < 1.29 is 19.5 Å². The van der Waals surface area contributed by atoms with Crippen molar-refractivity contribution in [2.75, 3.05) is 10.3 Å². The van der Waals surface area contributed by atoms with Crippen molar-refractivity contribution in [3.05, 3.63) is 119 Å². The highest BCUT2D eigenvalue weighted by Gasteiger charge is 2.33. The number of rotatable bonds is 9. The van der Waals surface area contributed by atoms with Gasteiger partial charge in [0.2, 0.25) is 11.8 Å². The van der Waals surface area contributed by atoms with Gasteiger partial charge in [-0.2, -0.15) is 4.68 Å². The predicted octanol–water partition coefficient (Wildman–Crippen LogP) is 3.27. The Balaban J connectivity index is 1.81. The lowest BCUT2D eigenvalue weighted by atomic mass is 10.1. The Morgan fingerprint density at radius 2 is 1.45 bits per heavy atom. The number of carboxylic acids is 1. The monoisotopic (exact) mass is 510 g/mol. The Morgan fingerprint density at radius 1 is 0.895 bits per heavy atom. The van der Waals surface area contributed by atoms with Gasteiger partial charge in [0.1, 0.15) is 5.69 Å². The van der Waals surface area contributed by atoms with Crippen molar-refractivity contribution in [3.8, 4) is 11.4 Å². The van der Waals surface area contributed by atoms with Gasteiger partial charge in [-0.1, -0.05) is 91.0 Å². The highest BCUT2D eigenvalue weighted by Crippen LogP contribution is 2.19. The van der Waals surface area contributed by atoms with E-state index in [0.717, 1.165) is 15.2 Å². The van der Waals surface area contributed by atoms with Crippen molar-refractivity contribution in [1.82, 2.24) is 9.66 Å². The number of carbonyl (C=O) groups excluding carboxylic acids is 2. The molecule has 0 aliphatic heterocycles. The van der Waals surface area contributed by atoms with Gasteiger partial charge in [0.25, 0.3) is 5.56 Å². The van der Waals surface area contributed by atoms with Crippen LogP contribution in [0, 0.1) is 0 Å². The molecule has 1 aromatic heterocycles. The molecular weight excluding hydrogens is 484 g/mol. The molecule has 0 saturated carbocycles. The number of nitrogens with zero attached hydrogens (tertiary/aromatic N) is 3. The molecule has 0 aliphatic rings. The lowest BCUT2D eigenvalue weighted by molar-refractivity contribution is -0.140. The van der Waals surface area contributed by atoms with Crippen molar-refractivity contribution in [2.24, 2.45) is 0 Å². The normalized spacial score (nSPS) is 11.4. The molecule has 192 valence electrons. The molecule has 0 saturated heterocycles. The average Bonchev–Trinajstić information content (AvgIpc) is 2.91. The van der Waals surface area contributed by atoms with Gasteiger partial charge in [-0.25, -0.2) is 14.8 Å². The quantitative estimate of drug-likeness (QED) is 0.357. The maximum atomic E-state index is 13.8. The zero-order valence-corrected chi connectivity index (χ0v) is 20.7. The van der Waals surface area contributed by atoms with Crippen LogP contribution in [0.2, 0.25) is 0 Å². The minimum atomic E-state index is -1.42. The molecule has 4 rings (SSSR count). The van der Waals surface area contributed by atoms with Crippen LogP contribution in [0.1, 0.15) is 18.1 Å². The molecular formula is C29H26N4O5. The van der Waals surface area contributed by atoms with Gasteiger partial charge < -0.3 is 10.4 Å². The molecule has 3 aromatic carbocycles. The third kappa shape index (κ3) is 6.01. The van der Waals surface area contributed by atoms with E-state index in [1.54, 1.807) is 84.9 Å². The standard InChI is InChI=1S/C29H26N4O5/c1-20(34)32(25(29(37)38)17-21-11-5-2-6-12-21)33-27(23-15-9-4-10-16-23)30-19-24(28(33)36)31-26(35)18-22-13-7-3-8-14-22/h2-16,19,25H,17-18H2,1H3,(H,31,35)(H,37,38)/t25-/m0/s1. The Bertz CT molecular complexity index is 1490. The Morgan fingerprint density at radius 3 is 2.00 bits per heavy atom. The lowest BCUT2D eigenvalue weighted by Gasteiger charge is -2.31. The molecule has 4 aromatic rings. The fourth-order valence-corrected chi connectivity index (χ4v) is 4.11. The van der Waals surface area contributed by atoms with Gasteiger partial charge in [0.05, 0.1) is 12.6 Å². The first kappa shape index (κ1) is 26.0. The zero-order valence-electron chi connectivity index (χ0n) is 20.7. The largest absolute Gasteiger partial charge is 0.480 e. The van der Waals surface area contributed by atoms with Crippen LogP contribution < -0.4 is 15.9 Å². The molecule has 0 aliphatic carbocycles. The van der Waals surface area contributed by atoms with Gasteiger partial charge in [-0.05, 0) is 11.1 Å². The lowest BCUT2D eigenvalue weighted by Crippen LogP contribution is -2.56. The smallest absolute Gasteiger partial charge is 0.328 e.